The Balaban J connectivity index is 1.64. The van der Waals surface area contributed by atoms with Crippen molar-refractivity contribution in [2.75, 3.05) is 13.1 Å². The molecule has 4 rings (SSSR count). The molecule has 130 valence electrons. The molecule has 1 N–H and O–H groups in total. The molecule has 1 unspecified atom stereocenters. The summed E-state index contributed by atoms with van der Waals surface area (Å²) in [6.45, 7) is 2.20. The first-order valence-electron chi connectivity index (χ1n) is 8.68. The summed E-state index contributed by atoms with van der Waals surface area (Å²) in [6.07, 6.45) is 6.94. The first kappa shape index (κ1) is 16.4. The summed E-state index contributed by atoms with van der Waals surface area (Å²) in [7, 11) is 0. The zero-order chi connectivity index (χ0) is 17.8. The summed E-state index contributed by atoms with van der Waals surface area (Å²) in [5.74, 6) is 1.47. The quantitative estimate of drug-likeness (QED) is 0.739. The van der Waals surface area contributed by atoms with Crippen LogP contribution in [-0.4, -0.2) is 18.9 Å². The van der Waals surface area contributed by atoms with Gasteiger partial charge in [-0.25, -0.2) is 0 Å². The zero-order valence-electron chi connectivity index (χ0n) is 14.4. The van der Waals surface area contributed by atoms with E-state index in [2.05, 4.69) is 12.1 Å². The SMILES string of the molecule is O=C1/C(=C\c2ccco2)C[NH+](Cc2ccccc2)C/C1=C\c1ccco1. The highest BCUT2D eigenvalue weighted by Crippen LogP contribution is 2.17. The van der Waals surface area contributed by atoms with Crippen LogP contribution in [0.1, 0.15) is 17.1 Å². The van der Waals surface area contributed by atoms with Crippen LogP contribution < -0.4 is 4.90 Å². The van der Waals surface area contributed by atoms with Crippen molar-refractivity contribution in [2.45, 2.75) is 6.54 Å². The van der Waals surface area contributed by atoms with Gasteiger partial charge in [-0.2, -0.15) is 0 Å². The molecule has 0 aliphatic carbocycles. The van der Waals surface area contributed by atoms with Crippen LogP contribution in [0.5, 0.6) is 0 Å². The Morgan fingerprint density at radius 2 is 1.38 bits per heavy atom. The topological polar surface area (TPSA) is 47.8 Å². The zero-order valence-corrected chi connectivity index (χ0v) is 14.4. The Morgan fingerprint density at radius 1 is 0.808 bits per heavy atom. The third kappa shape index (κ3) is 3.76. The van der Waals surface area contributed by atoms with Gasteiger partial charge < -0.3 is 13.7 Å². The molecule has 4 heteroatoms. The van der Waals surface area contributed by atoms with Crippen molar-refractivity contribution in [2.24, 2.45) is 0 Å². The lowest BCUT2D eigenvalue weighted by Gasteiger charge is -2.26. The number of likely N-dealkylation sites (tertiary alicyclic amines) is 1. The monoisotopic (exact) mass is 346 g/mol. The van der Waals surface area contributed by atoms with E-state index in [1.807, 2.05) is 54.6 Å². The number of rotatable bonds is 4. The Bertz CT molecular complexity index is 863. The molecule has 3 heterocycles. The summed E-state index contributed by atoms with van der Waals surface area (Å²) < 4.78 is 10.8. The van der Waals surface area contributed by atoms with E-state index in [4.69, 9.17) is 8.83 Å². The molecule has 1 aliphatic heterocycles. The van der Waals surface area contributed by atoms with Crippen LogP contribution in [0.2, 0.25) is 0 Å². The predicted molar refractivity (Wildman–Crippen MR) is 99.2 cm³/mol. The number of piperidine rings is 1. The fourth-order valence-corrected chi connectivity index (χ4v) is 3.30. The third-order valence-electron chi connectivity index (χ3n) is 4.48. The largest absolute Gasteiger partial charge is 0.465 e. The Labute approximate surface area is 152 Å². The van der Waals surface area contributed by atoms with Gasteiger partial charge in [0.25, 0.3) is 0 Å². The molecule has 1 fully saturated rings. The average molecular weight is 346 g/mol. The number of benzene rings is 1. The lowest BCUT2D eigenvalue weighted by Crippen LogP contribution is -3.12. The molecule has 0 bridgehead atoms. The highest BCUT2D eigenvalue weighted by atomic mass is 16.3. The fourth-order valence-electron chi connectivity index (χ4n) is 3.30. The maximum absolute atomic E-state index is 12.9. The summed E-state index contributed by atoms with van der Waals surface area (Å²) in [4.78, 5) is 14.3. The van der Waals surface area contributed by atoms with Gasteiger partial charge in [-0.3, -0.25) is 4.79 Å². The minimum Gasteiger partial charge on any atom is -0.465 e. The van der Waals surface area contributed by atoms with E-state index in [-0.39, 0.29) is 5.78 Å². The summed E-state index contributed by atoms with van der Waals surface area (Å²) >= 11 is 0. The summed E-state index contributed by atoms with van der Waals surface area (Å²) in [6, 6.07) is 17.7. The number of ketones is 1. The van der Waals surface area contributed by atoms with E-state index in [1.54, 1.807) is 12.5 Å². The van der Waals surface area contributed by atoms with Gasteiger partial charge in [-0.05, 0) is 36.4 Å². The van der Waals surface area contributed by atoms with Crippen molar-refractivity contribution in [3.63, 3.8) is 0 Å². The second kappa shape index (κ2) is 7.42. The van der Waals surface area contributed by atoms with Gasteiger partial charge in [0, 0.05) is 5.56 Å². The first-order chi connectivity index (χ1) is 12.8. The van der Waals surface area contributed by atoms with E-state index in [1.165, 1.54) is 10.5 Å². The molecule has 4 nitrogen and oxygen atoms in total. The van der Waals surface area contributed by atoms with Gasteiger partial charge >= 0.3 is 0 Å². The van der Waals surface area contributed by atoms with Gasteiger partial charge in [-0.1, -0.05) is 30.3 Å². The smallest absolute Gasteiger partial charge is 0.196 e. The average Bonchev–Trinajstić information content (AvgIpc) is 3.34. The maximum atomic E-state index is 12.9. The maximum Gasteiger partial charge on any atom is 0.196 e. The van der Waals surface area contributed by atoms with Gasteiger partial charge in [0.15, 0.2) is 5.78 Å². The Hall–Kier alpha value is -3.11. The lowest BCUT2D eigenvalue weighted by atomic mass is 9.95. The molecular formula is C22H20NO3+. The van der Waals surface area contributed by atoms with E-state index < -0.39 is 0 Å². The van der Waals surface area contributed by atoms with E-state index in [0.29, 0.717) is 24.6 Å². The summed E-state index contributed by atoms with van der Waals surface area (Å²) in [5.41, 5.74) is 2.77. The standard InChI is InChI=1S/C22H19NO3/c24-22-18(12-20-8-4-10-25-20)15-23(14-17-6-2-1-3-7-17)16-19(22)13-21-9-5-11-26-21/h1-13H,14-16H2/p+1/b18-12-,19-13+. The van der Waals surface area contributed by atoms with Crippen molar-refractivity contribution < 1.29 is 18.5 Å². The first-order valence-corrected chi connectivity index (χ1v) is 8.68. The minimum atomic E-state index is 0.0645. The van der Waals surface area contributed by atoms with E-state index in [9.17, 15) is 4.79 Å². The lowest BCUT2D eigenvalue weighted by molar-refractivity contribution is -0.904. The van der Waals surface area contributed by atoms with Crippen molar-refractivity contribution >= 4 is 17.9 Å². The molecular weight excluding hydrogens is 326 g/mol. The molecule has 1 aromatic carbocycles. The van der Waals surface area contributed by atoms with Crippen LogP contribution in [0.15, 0.2) is 87.1 Å². The van der Waals surface area contributed by atoms with Crippen molar-refractivity contribution in [3.8, 4) is 0 Å². The van der Waals surface area contributed by atoms with Gasteiger partial charge in [-0.15, -0.1) is 0 Å². The van der Waals surface area contributed by atoms with Crippen LogP contribution >= 0.6 is 0 Å². The molecule has 1 saturated heterocycles. The molecule has 3 aromatic rings. The third-order valence-corrected chi connectivity index (χ3v) is 4.48. The number of Topliss-reactive ketones (excluding diaryl/α,β-unsaturated/α-hetero) is 1. The molecule has 2 aromatic heterocycles. The number of carbonyl (C=O) groups excluding carboxylic acids is 1. The minimum absolute atomic E-state index is 0.0645. The Kier molecular flexibility index (Phi) is 4.67. The molecule has 1 atom stereocenters. The number of hydrogen-bond acceptors (Lipinski definition) is 3. The normalized spacial score (nSPS) is 20.8. The van der Waals surface area contributed by atoms with Crippen LogP contribution in [0.25, 0.3) is 12.2 Å². The number of hydrogen-bond donors (Lipinski definition) is 1. The molecule has 0 saturated carbocycles. The Morgan fingerprint density at radius 3 is 1.88 bits per heavy atom. The molecule has 1 aliphatic rings. The number of furan rings is 2. The molecule has 0 spiro atoms. The number of nitrogens with one attached hydrogen (secondary N) is 1. The van der Waals surface area contributed by atoms with Crippen LogP contribution in [-0.2, 0) is 11.3 Å². The summed E-state index contributed by atoms with van der Waals surface area (Å²) in [5, 5.41) is 0. The second-order valence-corrected chi connectivity index (χ2v) is 6.47. The molecule has 26 heavy (non-hydrogen) atoms. The van der Waals surface area contributed by atoms with E-state index in [0.717, 1.165) is 17.7 Å². The number of quaternary nitrogens is 1. The van der Waals surface area contributed by atoms with Crippen molar-refractivity contribution in [1.82, 2.24) is 0 Å². The second-order valence-electron chi connectivity index (χ2n) is 6.47. The van der Waals surface area contributed by atoms with Crippen LogP contribution in [0.4, 0.5) is 0 Å². The number of carbonyl (C=O) groups is 1. The predicted octanol–water partition coefficient (Wildman–Crippen LogP) is 3.01. The highest BCUT2D eigenvalue weighted by Gasteiger charge is 2.29. The fraction of sp³-hybridized carbons (Fsp3) is 0.136. The molecule has 0 radical (unpaired) electrons. The van der Waals surface area contributed by atoms with Crippen LogP contribution in [0.3, 0.4) is 0 Å². The van der Waals surface area contributed by atoms with Crippen molar-refractivity contribution in [3.05, 3.63) is 95.4 Å². The van der Waals surface area contributed by atoms with Gasteiger partial charge in [0.1, 0.15) is 31.2 Å². The molecule has 0 amide bonds. The van der Waals surface area contributed by atoms with E-state index >= 15 is 0 Å². The van der Waals surface area contributed by atoms with Crippen LogP contribution in [0, 0.1) is 0 Å². The van der Waals surface area contributed by atoms with Gasteiger partial charge in [0.2, 0.25) is 0 Å². The van der Waals surface area contributed by atoms with Gasteiger partial charge in [0.05, 0.1) is 23.7 Å². The highest BCUT2D eigenvalue weighted by molar-refractivity contribution is 6.13. The van der Waals surface area contributed by atoms with Crippen molar-refractivity contribution in [1.29, 1.82) is 0 Å².